The van der Waals surface area contributed by atoms with Crippen molar-refractivity contribution < 1.29 is 28.5 Å². The van der Waals surface area contributed by atoms with E-state index in [-0.39, 0.29) is 6.42 Å². The Kier molecular flexibility index (Phi) is 5.03. The third kappa shape index (κ3) is 3.60. The first kappa shape index (κ1) is 13.3. The average molecular weight is 226 g/mol. The molecule has 14 heavy (non-hydrogen) atoms. The highest BCUT2D eigenvalue weighted by atomic mass is 32.2. The smallest absolute Gasteiger partial charge is 0.321 e. The summed E-state index contributed by atoms with van der Waals surface area (Å²) in [5.41, 5.74) is 0. The first-order valence-electron chi connectivity index (χ1n) is 4.08. The second-order valence-electron chi connectivity index (χ2n) is 2.90. The van der Waals surface area contributed by atoms with Crippen molar-refractivity contribution >= 4 is 15.8 Å². The van der Waals surface area contributed by atoms with Gasteiger partial charge in [-0.1, -0.05) is 6.92 Å². The van der Waals surface area contributed by atoms with Crippen molar-refractivity contribution in [3.8, 4) is 0 Å². The molecule has 0 saturated carbocycles. The first-order valence-corrected chi connectivity index (χ1v) is 5.80. The van der Waals surface area contributed by atoms with E-state index < -0.39 is 39.5 Å². The Labute approximate surface area is 82.1 Å². The summed E-state index contributed by atoms with van der Waals surface area (Å²) in [5.74, 6) is -2.16. The molecule has 0 aliphatic heterocycles. The molecule has 0 spiro atoms. The molecule has 0 amide bonds. The summed E-state index contributed by atoms with van der Waals surface area (Å²) in [5, 5.41) is 24.4. The molecular formula is C7H14O6S. The number of hydrogen-bond donors (Lipinski definition) is 3. The second-order valence-corrected chi connectivity index (χ2v) is 5.13. The van der Waals surface area contributed by atoms with Crippen molar-refractivity contribution in [3.05, 3.63) is 0 Å². The summed E-state index contributed by atoms with van der Waals surface area (Å²) in [7, 11) is -3.89. The number of aliphatic hydroxyl groups excluding tert-OH is 2. The molecule has 0 aliphatic carbocycles. The van der Waals surface area contributed by atoms with Crippen LogP contribution in [0.4, 0.5) is 0 Å². The summed E-state index contributed by atoms with van der Waals surface area (Å²) in [4.78, 5) is 10.5. The number of carboxylic acid groups (broad SMARTS) is 1. The average Bonchev–Trinajstić information content (AvgIpc) is 2.02. The van der Waals surface area contributed by atoms with Gasteiger partial charge in [0.05, 0.1) is 18.5 Å². The van der Waals surface area contributed by atoms with Crippen molar-refractivity contribution in [3.63, 3.8) is 0 Å². The maximum absolute atomic E-state index is 11.3. The number of hydrogen-bond acceptors (Lipinski definition) is 5. The van der Waals surface area contributed by atoms with E-state index in [4.69, 9.17) is 15.3 Å². The van der Waals surface area contributed by atoms with Crippen molar-refractivity contribution in [2.75, 3.05) is 12.4 Å². The van der Waals surface area contributed by atoms with Crippen molar-refractivity contribution in [1.29, 1.82) is 0 Å². The van der Waals surface area contributed by atoms with Crippen LogP contribution in [0.15, 0.2) is 0 Å². The molecule has 0 saturated heterocycles. The largest absolute Gasteiger partial charge is 0.480 e. The third-order valence-corrected chi connectivity index (χ3v) is 3.97. The van der Waals surface area contributed by atoms with Crippen LogP contribution >= 0.6 is 0 Å². The van der Waals surface area contributed by atoms with E-state index in [2.05, 4.69) is 0 Å². The lowest BCUT2D eigenvalue weighted by Crippen LogP contribution is -2.36. The van der Waals surface area contributed by atoms with Crippen LogP contribution in [0.2, 0.25) is 0 Å². The van der Waals surface area contributed by atoms with Gasteiger partial charge in [0, 0.05) is 0 Å². The molecule has 0 aromatic heterocycles. The van der Waals surface area contributed by atoms with Crippen LogP contribution in [-0.2, 0) is 14.6 Å². The Morgan fingerprint density at radius 3 is 2.21 bits per heavy atom. The minimum Gasteiger partial charge on any atom is -0.480 e. The van der Waals surface area contributed by atoms with E-state index in [1.165, 1.54) is 6.92 Å². The van der Waals surface area contributed by atoms with Crippen LogP contribution in [0, 0.1) is 0 Å². The van der Waals surface area contributed by atoms with Gasteiger partial charge in [-0.15, -0.1) is 0 Å². The van der Waals surface area contributed by atoms with Gasteiger partial charge < -0.3 is 15.3 Å². The molecule has 2 atom stereocenters. The number of sulfone groups is 1. The van der Waals surface area contributed by atoms with Crippen LogP contribution in [0.3, 0.4) is 0 Å². The molecule has 0 aromatic carbocycles. The lowest BCUT2D eigenvalue weighted by molar-refractivity contribution is -0.136. The zero-order valence-corrected chi connectivity index (χ0v) is 8.57. The number of carbonyl (C=O) groups is 1. The van der Waals surface area contributed by atoms with E-state index >= 15 is 0 Å². The van der Waals surface area contributed by atoms with Crippen LogP contribution in [0.1, 0.15) is 13.3 Å². The SMILES string of the molecule is CCC(C(=O)O)S(=O)(=O)CC(O)CO. The van der Waals surface area contributed by atoms with E-state index in [9.17, 15) is 13.2 Å². The van der Waals surface area contributed by atoms with E-state index in [0.717, 1.165) is 0 Å². The first-order chi connectivity index (χ1) is 6.35. The molecule has 6 nitrogen and oxygen atoms in total. The molecule has 0 bridgehead atoms. The predicted molar refractivity (Wildman–Crippen MR) is 48.6 cm³/mol. The number of rotatable bonds is 6. The van der Waals surface area contributed by atoms with Gasteiger partial charge in [0.1, 0.15) is 0 Å². The number of aliphatic carboxylic acids is 1. The summed E-state index contributed by atoms with van der Waals surface area (Å²) in [6.07, 6.45) is -1.48. The highest BCUT2D eigenvalue weighted by Crippen LogP contribution is 2.08. The van der Waals surface area contributed by atoms with Gasteiger partial charge in [-0.2, -0.15) is 0 Å². The van der Waals surface area contributed by atoms with Crippen LogP contribution in [-0.4, -0.2) is 53.4 Å². The quantitative estimate of drug-likeness (QED) is 0.514. The van der Waals surface area contributed by atoms with Crippen LogP contribution < -0.4 is 0 Å². The summed E-state index contributed by atoms with van der Waals surface area (Å²) in [6.45, 7) is 0.733. The molecule has 84 valence electrons. The molecule has 0 fully saturated rings. The topological polar surface area (TPSA) is 112 Å². The van der Waals surface area contributed by atoms with Crippen LogP contribution in [0.25, 0.3) is 0 Å². The molecule has 0 aliphatic rings. The fraction of sp³-hybridized carbons (Fsp3) is 0.857. The summed E-state index contributed by atoms with van der Waals surface area (Å²) >= 11 is 0. The second kappa shape index (κ2) is 5.28. The van der Waals surface area contributed by atoms with E-state index in [0.29, 0.717) is 0 Å². The molecule has 0 radical (unpaired) electrons. The zero-order chi connectivity index (χ0) is 11.4. The molecule has 2 unspecified atom stereocenters. The summed E-state index contributed by atoms with van der Waals surface area (Å²) < 4.78 is 22.6. The molecule has 0 aromatic rings. The van der Waals surface area contributed by atoms with Crippen molar-refractivity contribution in [1.82, 2.24) is 0 Å². The highest BCUT2D eigenvalue weighted by molar-refractivity contribution is 7.92. The van der Waals surface area contributed by atoms with E-state index in [1.54, 1.807) is 0 Å². The lowest BCUT2D eigenvalue weighted by atomic mass is 10.3. The van der Waals surface area contributed by atoms with Gasteiger partial charge in [-0.05, 0) is 6.42 Å². The van der Waals surface area contributed by atoms with E-state index in [1.807, 2.05) is 0 Å². The molecule has 3 N–H and O–H groups in total. The van der Waals surface area contributed by atoms with Crippen molar-refractivity contribution in [2.24, 2.45) is 0 Å². The number of aliphatic hydroxyl groups is 2. The Balaban J connectivity index is 4.67. The fourth-order valence-corrected chi connectivity index (χ4v) is 2.71. The standard InChI is InChI=1S/C7H14O6S/c1-2-6(7(10)11)14(12,13)4-5(9)3-8/h5-6,8-9H,2-4H2,1H3,(H,10,11). The van der Waals surface area contributed by atoms with Gasteiger partial charge >= 0.3 is 5.97 Å². The normalized spacial score (nSPS) is 16.2. The number of carboxylic acids is 1. The minimum atomic E-state index is -3.89. The van der Waals surface area contributed by atoms with Gasteiger partial charge in [0.2, 0.25) is 0 Å². The minimum absolute atomic E-state index is 0.0597. The van der Waals surface area contributed by atoms with Crippen molar-refractivity contribution in [2.45, 2.75) is 24.7 Å². The maximum Gasteiger partial charge on any atom is 0.321 e. The van der Waals surface area contributed by atoms with Gasteiger partial charge in [0.15, 0.2) is 15.1 Å². The highest BCUT2D eigenvalue weighted by Gasteiger charge is 2.32. The molecule has 7 heteroatoms. The predicted octanol–water partition coefficient (Wildman–Crippen LogP) is -1.38. The Morgan fingerprint density at radius 1 is 1.43 bits per heavy atom. The lowest BCUT2D eigenvalue weighted by Gasteiger charge is -2.13. The Hall–Kier alpha value is -0.660. The zero-order valence-electron chi connectivity index (χ0n) is 7.75. The maximum atomic E-state index is 11.3. The third-order valence-electron chi connectivity index (χ3n) is 1.72. The fourth-order valence-electron chi connectivity index (χ4n) is 1.02. The van der Waals surface area contributed by atoms with Gasteiger partial charge in [-0.25, -0.2) is 8.42 Å². The molecule has 0 heterocycles. The monoisotopic (exact) mass is 226 g/mol. The van der Waals surface area contributed by atoms with Gasteiger partial charge in [0.25, 0.3) is 0 Å². The summed E-state index contributed by atoms with van der Waals surface area (Å²) in [6, 6.07) is 0. The Bertz CT molecular complexity index is 283. The molecule has 0 rings (SSSR count). The van der Waals surface area contributed by atoms with Gasteiger partial charge in [-0.3, -0.25) is 4.79 Å². The molecular weight excluding hydrogens is 212 g/mol. The van der Waals surface area contributed by atoms with Crippen LogP contribution in [0.5, 0.6) is 0 Å². The Morgan fingerprint density at radius 2 is 1.93 bits per heavy atom.